The van der Waals surface area contributed by atoms with Gasteiger partial charge in [0.05, 0.1) is 36.2 Å². The molecule has 2 aliphatic heterocycles. The Bertz CT molecular complexity index is 1610. The Balaban J connectivity index is 1.17. The summed E-state index contributed by atoms with van der Waals surface area (Å²) in [7, 11) is 1.58. The monoisotopic (exact) mass is 552 g/mol. The van der Waals surface area contributed by atoms with E-state index in [0.717, 1.165) is 42.0 Å². The van der Waals surface area contributed by atoms with Crippen molar-refractivity contribution in [1.82, 2.24) is 19.6 Å². The van der Waals surface area contributed by atoms with Crippen LogP contribution in [0.15, 0.2) is 55.1 Å². The molecule has 4 aromatic rings. The number of methoxy groups -OCH3 is 1. The molecule has 1 N–H and O–H groups in total. The van der Waals surface area contributed by atoms with Crippen LogP contribution >= 0.6 is 0 Å². The number of piperidine rings is 2. The molecule has 3 fully saturated rings. The summed E-state index contributed by atoms with van der Waals surface area (Å²) in [6, 6.07) is 11.7. The number of Topliss-reactive ketones (excluding diaryl/α,β-unsaturated/α-hetero) is 1. The molecule has 0 radical (unpaired) electrons. The van der Waals surface area contributed by atoms with Crippen LogP contribution in [0.4, 0.5) is 5.82 Å². The van der Waals surface area contributed by atoms with E-state index in [9.17, 15) is 15.2 Å². The van der Waals surface area contributed by atoms with Gasteiger partial charge >= 0.3 is 0 Å². The zero-order valence-electron chi connectivity index (χ0n) is 23.3. The quantitative estimate of drug-likeness (QED) is 0.331. The zero-order valence-corrected chi connectivity index (χ0v) is 23.3. The third-order valence-corrected chi connectivity index (χ3v) is 7.97. The average molecular weight is 553 g/mol. The van der Waals surface area contributed by atoms with Gasteiger partial charge in [-0.1, -0.05) is 6.07 Å². The smallest absolute Gasteiger partial charge is 0.212 e. The molecular formula is C31H32N6O4. The standard InChI is InChI=1S/C31H32N6O4/c1-31(2,39)18-41-24-10-25(30-23(11-32)14-35-37(30)17-24)20-5-6-27(33-13-20)36-15-21-9-22(16-36)29(21)26(38)8-19-4-7-28(40-3)34-12-19/h4-7,10,12-14,17,21-22,29,39H,8-9,15-16,18H2,1-3H3. The van der Waals surface area contributed by atoms with E-state index in [0.29, 0.717) is 41.0 Å². The van der Waals surface area contributed by atoms with Crippen molar-refractivity contribution in [2.75, 3.05) is 31.7 Å². The summed E-state index contributed by atoms with van der Waals surface area (Å²) in [4.78, 5) is 24.4. The number of fused-ring (bicyclic) bond motifs is 3. The first kappa shape index (κ1) is 26.7. The Kier molecular flexibility index (Phi) is 6.83. The SMILES string of the molecule is COc1ccc(CC(=O)C2C3CC2CN(c2ccc(-c4cc(OCC(C)(C)O)cn5ncc(C#N)c45)cn2)C3)cn1. The van der Waals surface area contributed by atoms with Crippen molar-refractivity contribution in [2.45, 2.75) is 32.3 Å². The van der Waals surface area contributed by atoms with E-state index >= 15 is 0 Å². The van der Waals surface area contributed by atoms with Crippen LogP contribution < -0.4 is 14.4 Å². The van der Waals surface area contributed by atoms with Gasteiger partial charge < -0.3 is 19.5 Å². The summed E-state index contributed by atoms with van der Waals surface area (Å²) in [5.41, 5.74) is 2.64. The van der Waals surface area contributed by atoms with Gasteiger partial charge in [0.1, 0.15) is 30.0 Å². The first-order chi connectivity index (χ1) is 19.7. The van der Waals surface area contributed by atoms with Crippen molar-refractivity contribution in [2.24, 2.45) is 17.8 Å². The van der Waals surface area contributed by atoms with Gasteiger partial charge in [0.25, 0.3) is 0 Å². The van der Waals surface area contributed by atoms with Gasteiger partial charge in [-0.05, 0) is 55.9 Å². The largest absolute Gasteiger partial charge is 0.489 e. The third-order valence-electron chi connectivity index (χ3n) is 7.97. The van der Waals surface area contributed by atoms with Gasteiger partial charge in [0, 0.05) is 55.0 Å². The van der Waals surface area contributed by atoms with Crippen molar-refractivity contribution in [3.8, 4) is 28.8 Å². The van der Waals surface area contributed by atoms with Crippen molar-refractivity contribution in [1.29, 1.82) is 5.26 Å². The molecule has 3 aliphatic rings. The minimum atomic E-state index is -0.994. The van der Waals surface area contributed by atoms with E-state index in [-0.39, 0.29) is 18.3 Å². The van der Waals surface area contributed by atoms with Crippen LogP contribution in [-0.2, 0) is 11.2 Å². The summed E-state index contributed by atoms with van der Waals surface area (Å²) in [6.45, 7) is 5.06. The van der Waals surface area contributed by atoms with Crippen molar-refractivity contribution < 1.29 is 19.4 Å². The fourth-order valence-electron chi connectivity index (χ4n) is 6.03. The number of hydrogen-bond donors (Lipinski definition) is 1. The van der Waals surface area contributed by atoms with Gasteiger partial charge in [0.2, 0.25) is 5.88 Å². The van der Waals surface area contributed by atoms with Gasteiger partial charge in [-0.2, -0.15) is 10.4 Å². The molecule has 2 atom stereocenters. The maximum absolute atomic E-state index is 13.1. The van der Waals surface area contributed by atoms with E-state index in [4.69, 9.17) is 14.5 Å². The van der Waals surface area contributed by atoms with Gasteiger partial charge in [-0.3, -0.25) is 4.79 Å². The molecule has 1 aliphatic carbocycles. The minimum absolute atomic E-state index is 0.0822. The highest BCUT2D eigenvalue weighted by Gasteiger charge is 2.50. The number of pyridine rings is 3. The summed E-state index contributed by atoms with van der Waals surface area (Å²) in [5.74, 6) is 2.95. The Morgan fingerprint density at radius 2 is 1.95 bits per heavy atom. The molecule has 210 valence electrons. The normalized spacial score (nSPS) is 19.9. The van der Waals surface area contributed by atoms with Crippen LogP contribution in [0.1, 0.15) is 31.4 Å². The maximum Gasteiger partial charge on any atom is 0.212 e. The molecule has 41 heavy (non-hydrogen) atoms. The lowest BCUT2D eigenvalue weighted by Gasteiger charge is -2.53. The van der Waals surface area contributed by atoms with Gasteiger partial charge in [0.15, 0.2) is 0 Å². The molecule has 2 bridgehead atoms. The van der Waals surface area contributed by atoms with Crippen LogP contribution in [0.3, 0.4) is 0 Å². The molecule has 1 saturated carbocycles. The van der Waals surface area contributed by atoms with Crippen molar-refractivity contribution in [3.05, 3.63) is 66.2 Å². The molecule has 10 nitrogen and oxygen atoms in total. The van der Waals surface area contributed by atoms with Gasteiger partial charge in [-0.25, -0.2) is 14.5 Å². The van der Waals surface area contributed by atoms with Crippen molar-refractivity contribution in [3.63, 3.8) is 0 Å². The van der Waals surface area contributed by atoms with E-state index in [1.54, 1.807) is 50.1 Å². The summed E-state index contributed by atoms with van der Waals surface area (Å²) in [5, 5.41) is 24.1. The third kappa shape index (κ3) is 5.33. The molecule has 0 amide bonds. The molecule has 2 unspecified atom stereocenters. The second-order valence-electron chi connectivity index (χ2n) is 11.6. The Morgan fingerprint density at radius 1 is 1.15 bits per heavy atom. The van der Waals surface area contributed by atoms with Crippen LogP contribution in [0.2, 0.25) is 0 Å². The van der Waals surface area contributed by atoms with Crippen LogP contribution in [0.5, 0.6) is 11.6 Å². The number of carbonyl (C=O) groups is 1. The molecule has 7 rings (SSSR count). The second-order valence-corrected chi connectivity index (χ2v) is 11.6. The number of nitriles is 1. The minimum Gasteiger partial charge on any atom is -0.489 e. The summed E-state index contributed by atoms with van der Waals surface area (Å²) < 4.78 is 12.6. The number of aromatic nitrogens is 4. The number of aliphatic hydroxyl groups is 1. The lowest BCUT2D eigenvalue weighted by atomic mass is 9.59. The average Bonchev–Trinajstić information content (AvgIpc) is 3.39. The fraction of sp³-hybridized carbons (Fsp3) is 0.387. The molecule has 0 aromatic carbocycles. The number of anilines is 1. The highest BCUT2D eigenvalue weighted by molar-refractivity contribution is 5.86. The maximum atomic E-state index is 13.1. The van der Waals surface area contributed by atoms with E-state index in [2.05, 4.69) is 21.1 Å². The van der Waals surface area contributed by atoms with E-state index in [1.165, 1.54) is 6.20 Å². The van der Waals surface area contributed by atoms with Crippen molar-refractivity contribution >= 4 is 17.1 Å². The highest BCUT2D eigenvalue weighted by atomic mass is 16.5. The zero-order chi connectivity index (χ0) is 28.7. The molecular weight excluding hydrogens is 520 g/mol. The predicted octanol–water partition coefficient (Wildman–Crippen LogP) is 3.71. The topological polar surface area (TPSA) is 126 Å². The molecule has 2 saturated heterocycles. The molecule has 4 aromatic heterocycles. The van der Waals surface area contributed by atoms with Gasteiger partial charge in [-0.15, -0.1) is 0 Å². The number of hydrogen-bond acceptors (Lipinski definition) is 9. The van der Waals surface area contributed by atoms with Crippen LogP contribution in [-0.4, -0.2) is 62.9 Å². The van der Waals surface area contributed by atoms with Crippen LogP contribution in [0.25, 0.3) is 16.6 Å². The second kappa shape index (κ2) is 10.5. The Hall–Kier alpha value is -4.49. The highest BCUT2D eigenvalue weighted by Crippen LogP contribution is 2.47. The Morgan fingerprint density at radius 3 is 2.59 bits per heavy atom. The number of ether oxygens (including phenoxy) is 2. The first-order valence-electron chi connectivity index (χ1n) is 13.7. The lowest BCUT2D eigenvalue weighted by Crippen LogP contribution is -2.58. The first-order valence-corrected chi connectivity index (χ1v) is 13.7. The number of nitrogens with zero attached hydrogens (tertiary/aromatic N) is 6. The predicted molar refractivity (Wildman–Crippen MR) is 152 cm³/mol. The lowest BCUT2D eigenvalue weighted by molar-refractivity contribution is -0.132. The summed E-state index contributed by atoms with van der Waals surface area (Å²) in [6.07, 6.45) is 8.22. The molecule has 10 heteroatoms. The molecule has 0 spiro atoms. The van der Waals surface area contributed by atoms with E-state index < -0.39 is 5.60 Å². The number of carbonyl (C=O) groups excluding carboxylic acids is 1. The summed E-state index contributed by atoms with van der Waals surface area (Å²) >= 11 is 0. The Labute approximate surface area is 238 Å². The molecule has 6 heterocycles. The fourth-order valence-corrected chi connectivity index (χ4v) is 6.03. The van der Waals surface area contributed by atoms with Crippen LogP contribution in [0, 0.1) is 29.1 Å². The van der Waals surface area contributed by atoms with E-state index in [1.807, 2.05) is 24.3 Å². The number of ketones is 1. The number of rotatable bonds is 9.